The smallest absolute Gasteiger partial charge is 0.417 e. The van der Waals surface area contributed by atoms with E-state index in [1.54, 1.807) is 13.8 Å². The molecule has 0 aliphatic rings. The monoisotopic (exact) mass is 361 g/mol. The van der Waals surface area contributed by atoms with Crippen LogP contribution in [0.5, 0.6) is 0 Å². The third-order valence-electron chi connectivity index (χ3n) is 2.72. The highest BCUT2D eigenvalue weighted by Crippen LogP contribution is 2.07. The lowest BCUT2D eigenvalue weighted by Gasteiger charge is -2.15. The number of nitrogens with one attached hydrogen (secondary N) is 1. The van der Waals surface area contributed by atoms with Crippen LogP contribution in [0.3, 0.4) is 0 Å². The first-order chi connectivity index (χ1) is 11.9. The summed E-state index contributed by atoms with van der Waals surface area (Å²) < 4.78 is 18.5. The number of carbonyl (C=O) groups is 5. The third-order valence-corrected chi connectivity index (χ3v) is 2.72. The van der Waals surface area contributed by atoms with E-state index in [0.29, 0.717) is 0 Å². The molecule has 0 heterocycles. The van der Waals surface area contributed by atoms with Crippen molar-refractivity contribution >= 4 is 29.8 Å². The topological polar surface area (TPSA) is 134 Å². The van der Waals surface area contributed by atoms with Crippen LogP contribution in [0.25, 0.3) is 0 Å². The molecule has 0 spiro atoms. The zero-order valence-electron chi connectivity index (χ0n) is 14.5. The predicted octanol–water partition coefficient (Wildman–Crippen LogP) is -0.659. The summed E-state index contributed by atoms with van der Waals surface area (Å²) in [6, 6.07) is 0. The van der Waals surface area contributed by atoms with Gasteiger partial charge in [-0.15, -0.1) is 0 Å². The van der Waals surface area contributed by atoms with Gasteiger partial charge in [0.25, 0.3) is 0 Å². The summed E-state index contributed by atoms with van der Waals surface area (Å²) in [6.07, 6.45) is 0.0279. The molecule has 1 unspecified atom stereocenters. The Kier molecular flexibility index (Phi) is 11.4. The van der Waals surface area contributed by atoms with Crippen LogP contribution in [0.2, 0.25) is 0 Å². The van der Waals surface area contributed by atoms with Crippen LogP contribution >= 0.6 is 0 Å². The van der Waals surface area contributed by atoms with Crippen molar-refractivity contribution in [3.63, 3.8) is 0 Å². The molecule has 0 saturated carbocycles. The number of hydrogen-bond donors (Lipinski definition) is 1. The molecule has 1 N–H and O–H groups in total. The molecule has 0 aromatic heterocycles. The predicted molar refractivity (Wildman–Crippen MR) is 82.0 cm³/mol. The van der Waals surface area contributed by atoms with Gasteiger partial charge in [0, 0.05) is 6.54 Å². The summed E-state index contributed by atoms with van der Waals surface area (Å²) in [7, 11) is 0. The van der Waals surface area contributed by atoms with E-state index in [1.807, 2.05) is 0 Å². The molecule has 25 heavy (non-hydrogen) atoms. The van der Waals surface area contributed by atoms with Gasteiger partial charge in [0.05, 0.1) is 25.7 Å². The second-order valence-corrected chi connectivity index (χ2v) is 4.53. The first kappa shape index (κ1) is 22.4. The van der Waals surface area contributed by atoms with Gasteiger partial charge >= 0.3 is 29.8 Å². The molecule has 10 nitrogen and oxygen atoms in total. The molecule has 1 amide bonds. The molecule has 142 valence electrons. The summed E-state index contributed by atoms with van der Waals surface area (Å²) in [6.45, 7) is 4.37. The maximum atomic E-state index is 11.8. The Morgan fingerprint density at radius 1 is 0.760 bits per heavy atom. The van der Waals surface area contributed by atoms with Crippen LogP contribution in [0.1, 0.15) is 27.2 Å². The Balaban J connectivity index is 4.51. The Morgan fingerprint density at radius 3 is 1.84 bits per heavy atom. The molecule has 0 radical (unpaired) electrons. The number of rotatable bonds is 9. The minimum Gasteiger partial charge on any atom is -0.466 e. The summed E-state index contributed by atoms with van der Waals surface area (Å²) in [5, 5.41) is 2.27. The van der Waals surface area contributed by atoms with E-state index in [4.69, 9.17) is 9.47 Å². The second-order valence-electron chi connectivity index (χ2n) is 4.53. The van der Waals surface area contributed by atoms with Crippen molar-refractivity contribution in [3.05, 3.63) is 0 Å². The van der Waals surface area contributed by atoms with Crippen molar-refractivity contribution in [1.82, 2.24) is 5.32 Å². The Hall–Kier alpha value is -2.65. The van der Waals surface area contributed by atoms with Gasteiger partial charge in [-0.25, -0.2) is 14.4 Å². The maximum absolute atomic E-state index is 11.8. The summed E-state index contributed by atoms with van der Waals surface area (Å²) >= 11 is 0. The van der Waals surface area contributed by atoms with E-state index in [0.717, 1.165) is 0 Å². The van der Waals surface area contributed by atoms with Gasteiger partial charge in [-0.3, -0.25) is 9.59 Å². The standard InChI is InChI=1S/C15H23NO9/c1-4-22-12(18)10(9-25-15(21)14(20)24-6-3)7-8-16-11(17)13(19)23-5-2/h10H,4-9H2,1-3H3,(H,16,17). The van der Waals surface area contributed by atoms with Gasteiger partial charge in [-0.1, -0.05) is 0 Å². The second kappa shape index (κ2) is 12.7. The summed E-state index contributed by atoms with van der Waals surface area (Å²) in [5.41, 5.74) is 0. The number of hydrogen-bond acceptors (Lipinski definition) is 9. The van der Waals surface area contributed by atoms with Crippen LogP contribution in [0, 0.1) is 5.92 Å². The van der Waals surface area contributed by atoms with E-state index in [-0.39, 0.29) is 32.8 Å². The molecule has 0 aliphatic carbocycles. The fourth-order valence-electron chi connectivity index (χ4n) is 1.58. The van der Waals surface area contributed by atoms with Crippen molar-refractivity contribution in [3.8, 4) is 0 Å². The average molecular weight is 361 g/mol. The zero-order valence-corrected chi connectivity index (χ0v) is 14.5. The van der Waals surface area contributed by atoms with Gasteiger partial charge in [0.2, 0.25) is 0 Å². The normalized spacial score (nSPS) is 11.0. The Bertz CT molecular complexity index is 489. The molecular weight excluding hydrogens is 338 g/mol. The lowest BCUT2D eigenvalue weighted by Crippen LogP contribution is -2.36. The maximum Gasteiger partial charge on any atom is 0.417 e. The minimum atomic E-state index is -1.23. The van der Waals surface area contributed by atoms with Crippen molar-refractivity contribution in [2.45, 2.75) is 27.2 Å². The number of amides is 1. The Morgan fingerprint density at radius 2 is 1.28 bits per heavy atom. The van der Waals surface area contributed by atoms with E-state index in [9.17, 15) is 24.0 Å². The highest BCUT2D eigenvalue weighted by Gasteiger charge is 2.25. The van der Waals surface area contributed by atoms with Crippen LogP contribution in [-0.2, 0) is 42.9 Å². The molecule has 0 bridgehead atoms. The quantitative estimate of drug-likeness (QED) is 0.322. The molecule has 0 saturated heterocycles. The fourth-order valence-corrected chi connectivity index (χ4v) is 1.58. The molecule has 0 aliphatic heterocycles. The highest BCUT2D eigenvalue weighted by atomic mass is 16.6. The largest absolute Gasteiger partial charge is 0.466 e. The van der Waals surface area contributed by atoms with Crippen molar-refractivity contribution < 1.29 is 42.9 Å². The molecule has 0 rings (SSSR count). The average Bonchev–Trinajstić information content (AvgIpc) is 2.57. The van der Waals surface area contributed by atoms with Gasteiger partial charge in [0.1, 0.15) is 6.61 Å². The Labute approximate surface area is 145 Å². The molecule has 1 atom stereocenters. The van der Waals surface area contributed by atoms with Crippen LogP contribution in [-0.4, -0.2) is 62.8 Å². The molecular formula is C15H23NO9. The highest BCUT2D eigenvalue weighted by molar-refractivity contribution is 6.32. The van der Waals surface area contributed by atoms with Crippen molar-refractivity contribution in [2.75, 3.05) is 33.0 Å². The van der Waals surface area contributed by atoms with E-state index in [2.05, 4.69) is 14.8 Å². The van der Waals surface area contributed by atoms with Gasteiger partial charge < -0.3 is 24.3 Å². The number of carbonyl (C=O) groups excluding carboxylic acids is 5. The number of ether oxygens (including phenoxy) is 4. The van der Waals surface area contributed by atoms with Crippen molar-refractivity contribution in [2.24, 2.45) is 5.92 Å². The SMILES string of the molecule is CCOC(=O)C(=O)NCCC(COC(=O)C(=O)OCC)C(=O)OCC. The molecule has 0 fully saturated rings. The minimum absolute atomic E-state index is 0.00906. The van der Waals surface area contributed by atoms with Crippen LogP contribution in [0.4, 0.5) is 0 Å². The van der Waals surface area contributed by atoms with E-state index >= 15 is 0 Å². The lowest BCUT2D eigenvalue weighted by atomic mass is 10.1. The van der Waals surface area contributed by atoms with Crippen molar-refractivity contribution in [1.29, 1.82) is 0 Å². The van der Waals surface area contributed by atoms with Gasteiger partial charge in [0.15, 0.2) is 0 Å². The third kappa shape index (κ3) is 9.28. The zero-order chi connectivity index (χ0) is 19.2. The van der Waals surface area contributed by atoms with E-state index in [1.165, 1.54) is 6.92 Å². The first-order valence-electron chi connectivity index (χ1n) is 7.82. The van der Waals surface area contributed by atoms with Gasteiger partial charge in [-0.05, 0) is 27.2 Å². The molecule has 0 aromatic rings. The van der Waals surface area contributed by atoms with Crippen LogP contribution in [0.15, 0.2) is 0 Å². The van der Waals surface area contributed by atoms with Crippen LogP contribution < -0.4 is 5.32 Å². The molecule has 10 heteroatoms. The lowest BCUT2D eigenvalue weighted by molar-refractivity contribution is -0.170. The first-order valence-corrected chi connectivity index (χ1v) is 7.82. The number of esters is 4. The van der Waals surface area contributed by atoms with Gasteiger partial charge in [-0.2, -0.15) is 0 Å². The summed E-state index contributed by atoms with van der Waals surface area (Å²) in [4.78, 5) is 56.9. The fraction of sp³-hybridized carbons (Fsp3) is 0.667. The molecule has 0 aromatic carbocycles. The summed E-state index contributed by atoms with van der Waals surface area (Å²) in [5.74, 6) is -5.96. The van der Waals surface area contributed by atoms with E-state index < -0.39 is 42.3 Å².